The molecule has 0 bridgehead atoms. The summed E-state index contributed by atoms with van der Waals surface area (Å²) in [5.41, 5.74) is 8.91. The van der Waals surface area contributed by atoms with E-state index in [9.17, 15) is 4.79 Å². The van der Waals surface area contributed by atoms with Crippen LogP contribution in [-0.2, 0) is 11.2 Å². The van der Waals surface area contributed by atoms with Crippen molar-refractivity contribution in [1.82, 2.24) is 10.3 Å². The Hall–Kier alpha value is -2.07. The van der Waals surface area contributed by atoms with Crippen molar-refractivity contribution >= 4 is 5.91 Å². The summed E-state index contributed by atoms with van der Waals surface area (Å²) in [5, 5.41) is 5.77. The van der Waals surface area contributed by atoms with Gasteiger partial charge in [0.15, 0.2) is 0 Å². The molecule has 0 aliphatic carbocycles. The number of rotatable bonds is 5. The third kappa shape index (κ3) is 4.64. The van der Waals surface area contributed by atoms with Gasteiger partial charge in [-0.1, -0.05) is 11.2 Å². The van der Waals surface area contributed by atoms with Gasteiger partial charge in [-0.2, -0.15) is 0 Å². The Balaban J connectivity index is 2.22. The monoisotopic (exact) mass is 205 g/mol. The number of nitrogens with zero attached hydrogens (tertiary/aromatic N) is 4. The molecular formula is C9H11N5O. The van der Waals surface area contributed by atoms with Gasteiger partial charge in [0.2, 0.25) is 5.91 Å². The molecule has 6 heteroatoms. The third-order valence-corrected chi connectivity index (χ3v) is 1.71. The maximum absolute atomic E-state index is 11.0. The Morgan fingerprint density at radius 1 is 1.60 bits per heavy atom. The zero-order valence-electron chi connectivity index (χ0n) is 8.13. The summed E-state index contributed by atoms with van der Waals surface area (Å²) in [6, 6.07) is 5.62. The smallest absolute Gasteiger partial charge is 0.225 e. The molecule has 0 unspecified atom stereocenters. The lowest BCUT2D eigenvalue weighted by Crippen LogP contribution is -2.27. The predicted molar refractivity (Wildman–Crippen MR) is 55.0 cm³/mol. The van der Waals surface area contributed by atoms with E-state index in [1.807, 2.05) is 18.2 Å². The molecule has 0 spiro atoms. The van der Waals surface area contributed by atoms with Crippen molar-refractivity contribution in [2.24, 2.45) is 5.11 Å². The molecule has 1 N–H and O–H groups in total. The van der Waals surface area contributed by atoms with Gasteiger partial charge in [-0.15, -0.1) is 0 Å². The summed E-state index contributed by atoms with van der Waals surface area (Å²) in [4.78, 5) is 17.6. The fraction of sp³-hybridized carbons (Fsp3) is 0.333. The van der Waals surface area contributed by atoms with Crippen LogP contribution in [0.15, 0.2) is 29.5 Å². The van der Waals surface area contributed by atoms with E-state index in [-0.39, 0.29) is 12.5 Å². The Morgan fingerprint density at radius 2 is 2.47 bits per heavy atom. The van der Waals surface area contributed by atoms with Crippen LogP contribution in [0.5, 0.6) is 0 Å². The largest absolute Gasteiger partial charge is 0.356 e. The first kappa shape index (κ1) is 11.0. The van der Waals surface area contributed by atoms with Gasteiger partial charge in [-0.25, -0.2) is 0 Å². The molecule has 0 aliphatic rings. The Bertz CT molecular complexity index is 358. The van der Waals surface area contributed by atoms with E-state index in [2.05, 4.69) is 20.3 Å². The minimum atomic E-state index is -0.274. The number of hydrogen-bond acceptors (Lipinski definition) is 3. The number of hydrogen-bond donors (Lipinski definition) is 1. The number of nitrogens with one attached hydrogen (secondary N) is 1. The minimum Gasteiger partial charge on any atom is -0.356 e. The predicted octanol–water partition coefficient (Wildman–Crippen LogP) is 1.05. The summed E-state index contributed by atoms with van der Waals surface area (Å²) < 4.78 is 0. The highest BCUT2D eigenvalue weighted by molar-refractivity contribution is 5.78. The van der Waals surface area contributed by atoms with E-state index >= 15 is 0 Å². The molecule has 1 aromatic rings. The lowest BCUT2D eigenvalue weighted by molar-refractivity contribution is -0.119. The Kier molecular flexibility index (Phi) is 4.69. The molecule has 6 nitrogen and oxygen atoms in total. The molecule has 1 rings (SSSR count). The van der Waals surface area contributed by atoms with E-state index in [0.717, 1.165) is 5.69 Å². The first-order valence-electron chi connectivity index (χ1n) is 4.50. The molecular weight excluding hydrogens is 194 g/mol. The van der Waals surface area contributed by atoms with Crippen LogP contribution in [0.2, 0.25) is 0 Å². The summed E-state index contributed by atoms with van der Waals surface area (Å²) >= 11 is 0. The van der Waals surface area contributed by atoms with E-state index < -0.39 is 0 Å². The molecule has 0 saturated heterocycles. The van der Waals surface area contributed by atoms with Gasteiger partial charge in [-0.3, -0.25) is 9.78 Å². The highest BCUT2D eigenvalue weighted by Gasteiger charge is 1.98. The maximum atomic E-state index is 11.0. The molecule has 0 saturated carbocycles. The molecule has 0 atom stereocenters. The first-order chi connectivity index (χ1) is 7.33. The van der Waals surface area contributed by atoms with Crippen molar-refractivity contribution in [2.45, 2.75) is 6.42 Å². The van der Waals surface area contributed by atoms with Crippen LogP contribution in [0, 0.1) is 0 Å². The lowest BCUT2D eigenvalue weighted by Gasteiger charge is -2.02. The first-order valence-corrected chi connectivity index (χ1v) is 4.50. The van der Waals surface area contributed by atoms with Gasteiger partial charge in [-0.05, 0) is 17.7 Å². The van der Waals surface area contributed by atoms with Gasteiger partial charge < -0.3 is 5.32 Å². The summed E-state index contributed by atoms with van der Waals surface area (Å²) in [5.74, 6) is -0.274. The number of carbonyl (C=O) groups is 1. The zero-order valence-corrected chi connectivity index (χ0v) is 8.13. The molecule has 0 aromatic carbocycles. The second-order valence-electron chi connectivity index (χ2n) is 2.81. The fourth-order valence-corrected chi connectivity index (χ4v) is 1.03. The lowest BCUT2D eigenvalue weighted by atomic mass is 10.3. The number of aromatic nitrogens is 1. The van der Waals surface area contributed by atoms with E-state index in [1.165, 1.54) is 0 Å². The normalized spacial score (nSPS) is 9.07. The van der Waals surface area contributed by atoms with Gasteiger partial charge in [0.25, 0.3) is 0 Å². The summed E-state index contributed by atoms with van der Waals surface area (Å²) in [6.07, 6.45) is 2.37. The number of amides is 1. The Labute approximate surface area is 87.0 Å². The summed E-state index contributed by atoms with van der Waals surface area (Å²) in [6.45, 7) is 0.343. The maximum Gasteiger partial charge on any atom is 0.225 e. The standard InChI is InChI=1S/C9H11N5O/c10-14-13-7-9(15)12-6-4-8-3-1-2-5-11-8/h1-3,5H,4,6-7H2,(H,12,15). The average molecular weight is 205 g/mol. The molecule has 0 radical (unpaired) electrons. The van der Waals surface area contributed by atoms with Crippen LogP contribution >= 0.6 is 0 Å². The van der Waals surface area contributed by atoms with Gasteiger partial charge in [0.1, 0.15) is 6.54 Å². The van der Waals surface area contributed by atoms with Crippen LogP contribution in [0.4, 0.5) is 0 Å². The molecule has 1 aromatic heterocycles. The zero-order chi connectivity index (χ0) is 10.9. The van der Waals surface area contributed by atoms with Crippen molar-refractivity contribution in [1.29, 1.82) is 0 Å². The molecule has 78 valence electrons. The van der Waals surface area contributed by atoms with Gasteiger partial charge >= 0.3 is 0 Å². The second-order valence-corrected chi connectivity index (χ2v) is 2.81. The second kappa shape index (κ2) is 6.39. The average Bonchev–Trinajstić information content (AvgIpc) is 2.28. The van der Waals surface area contributed by atoms with Crippen molar-refractivity contribution in [3.63, 3.8) is 0 Å². The van der Waals surface area contributed by atoms with Crippen LogP contribution < -0.4 is 5.32 Å². The molecule has 1 amide bonds. The quantitative estimate of drug-likeness (QED) is 0.442. The number of carbonyl (C=O) groups excluding carboxylic acids is 1. The molecule has 0 aliphatic heterocycles. The summed E-state index contributed by atoms with van der Waals surface area (Å²) in [7, 11) is 0. The van der Waals surface area contributed by atoms with Crippen LogP contribution in [-0.4, -0.2) is 24.0 Å². The Morgan fingerprint density at radius 3 is 3.13 bits per heavy atom. The molecule has 15 heavy (non-hydrogen) atoms. The van der Waals surface area contributed by atoms with Crippen molar-refractivity contribution in [2.75, 3.05) is 13.1 Å². The number of pyridine rings is 1. The van der Waals surface area contributed by atoms with E-state index in [1.54, 1.807) is 6.20 Å². The van der Waals surface area contributed by atoms with Gasteiger partial charge in [0, 0.05) is 29.8 Å². The van der Waals surface area contributed by atoms with E-state index in [4.69, 9.17) is 5.53 Å². The minimum absolute atomic E-state index is 0.154. The fourth-order valence-electron chi connectivity index (χ4n) is 1.03. The van der Waals surface area contributed by atoms with Crippen LogP contribution in [0.25, 0.3) is 10.4 Å². The molecule has 0 fully saturated rings. The van der Waals surface area contributed by atoms with Crippen molar-refractivity contribution < 1.29 is 4.79 Å². The van der Waals surface area contributed by atoms with Crippen molar-refractivity contribution in [3.8, 4) is 0 Å². The highest BCUT2D eigenvalue weighted by atomic mass is 16.1. The molecule has 1 heterocycles. The van der Waals surface area contributed by atoms with E-state index in [0.29, 0.717) is 13.0 Å². The van der Waals surface area contributed by atoms with Gasteiger partial charge in [0.05, 0.1) is 0 Å². The highest BCUT2D eigenvalue weighted by Crippen LogP contribution is 1.92. The SMILES string of the molecule is [N-]=[N+]=NCC(=O)NCCc1ccccn1. The third-order valence-electron chi connectivity index (χ3n) is 1.71. The topological polar surface area (TPSA) is 90.8 Å². The number of azide groups is 1. The van der Waals surface area contributed by atoms with Crippen LogP contribution in [0.1, 0.15) is 5.69 Å². The van der Waals surface area contributed by atoms with Crippen LogP contribution in [0.3, 0.4) is 0 Å². The van der Waals surface area contributed by atoms with Crippen molar-refractivity contribution in [3.05, 3.63) is 40.5 Å².